The van der Waals surface area contributed by atoms with Crippen molar-refractivity contribution in [1.29, 1.82) is 0 Å². The number of hydrogen-bond acceptors (Lipinski definition) is 2. The third-order valence-corrected chi connectivity index (χ3v) is 3.01. The Morgan fingerprint density at radius 1 is 1.25 bits per heavy atom. The van der Waals surface area contributed by atoms with Crippen LogP contribution in [0.4, 0.5) is 0 Å². The lowest BCUT2D eigenvalue weighted by Crippen LogP contribution is -2.17. The topological polar surface area (TPSA) is 25.2 Å². The molecule has 1 aromatic heterocycles. The highest BCUT2D eigenvalue weighted by Crippen LogP contribution is 2.30. The third kappa shape index (κ3) is 2.24. The largest absolute Gasteiger partial charge is 0.472 e. The molecule has 0 fully saturated rings. The van der Waals surface area contributed by atoms with E-state index in [0.717, 1.165) is 11.1 Å². The molecule has 1 N–H and O–H groups in total. The van der Waals surface area contributed by atoms with Crippen LogP contribution in [-0.4, -0.2) is 7.05 Å². The molecule has 0 aliphatic rings. The van der Waals surface area contributed by atoms with Gasteiger partial charge in [0.25, 0.3) is 0 Å². The first-order valence-electron chi connectivity index (χ1n) is 4.86. The average Bonchev–Trinajstić information content (AvgIpc) is 2.78. The molecule has 1 aromatic carbocycles. The van der Waals surface area contributed by atoms with Crippen LogP contribution < -0.4 is 5.32 Å². The fourth-order valence-electron chi connectivity index (χ4n) is 1.68. The van der Waals surface area contributed by atoms with Gasteiger partial charge in [-0.25, -0.2) is 0 Å². The Kier molecular flexibility index (Phi) is 3.54. The van der Waals surface area contributed by atoms with Gasteiger partial charge >= 0.3 is 0 Å². The molecule has 4 heteroatoms. The summed E-state index contributed by atoms with van der Waals surface area (Å²) >= 11 is 12.1. The fourth-order valence-corrected chi connectivity index (χ4v) is 2.08. The third-order valence-electron chi connectivity index (χ3n) is 2.43. The van der Waals surface area contributed by atoms with E-state index in [2.05, 4.69) is 5.32 Å². The van der Waals surface area contributed by atoms with E-state index in [0.29, 0.717) is 10.0 Å². The minimum absolute atomic E-state index is 0.00931. The van der Waals surface area contributed by atoms with Crippen molar-refractivity contribution in [3.63, 3.8) is 0 Å². The van der Waals surface area contributed by atoms with E-state index in [1.54, 1.807) is 24.7 Å². The molecular formula is C12H11Cl2NO. The zero-order chi connectivity index (χ0) is 11.5. The first-order valence-corrected chi connectivity index (χ1v) is 5.62. The van der Waals surface area contributed by atoms with Gasteiger partial charge in [0.1, 0.15) is 0 Å². The monoisotopic (exact) mass is 255 g/mol. The molecular weight excluding hydrogens is 245 g/mol. The molecule has 0 aliphatic carbocycles. The molecule has 0 saturated heterocycles. The SMILES string of the molecule is CNC(c1ccoc1)c1cc(Cl)ccc1Cl. The van der Waals surface area contributed by atoms with Crippen LogP contribution in [0, 0.1) is 0 Å². The van der Waals surface area contributed by atoms with Crippen molar-refractivity contribution >= 4 is 23.2 Å². The predicted octanol–water partition coefficient (Wildman–Crippen LogP) is 3.90. The standard InChI is InChI=1S/C12H11Cl2NO/c1-15-12(8-4-5-16-7-8)10-6-9(13)2-3-11(10)14/h2-7,12,15H,1H3. The second-order valence-corrected chi connectivity index (χ2v) is 4.29. The molecule has 2 nitrogen and oxygen atoms in total. The normalized spacial score (nSPS) is 12.7. The molecule has 0 spiro atoms. The van der Waals surface area contributed by atoms with Gasteiger partial charge in [0.05, 0.1) is 18.6 Å². The van der Waals surface area contributed by atoms with Crippen LogP contribution in [0.25, 0.3) is 0 Å². The summed E-state index contributed by atoms with van der Waals surface area (Å²) in [5.74, 6) is 0. The quantitative estimate of drug-likeness (QED) is 0.901. The maximum absolute atomic E-state index is 6.16. The first kappa shape index (κ1) is 11.5. The van der Waals surface area contributed by atoms with E-state index in [9.17, 15) is 0 Å². The molecule has 0 amide bonds. The van der Waals surface area contributed by atoms with Gasteiger partial charge < -0.3 is 9.73 Å². The van der Waals surface area contributed by atoms with E-state index in [-0.39, 0.29) is 6.04 Å². The zero-order valence-corrected chi connectivity index (χ0v) is 10.2. The Morgan fingerprint density at radius 3 is 2.69 bits per heavy atom. The van der Waals surface area contributed by atoms with E-state index < -0.39 is 0 Å². The summed E-state index contributed by atoms with van der Waals surface area (Å²) in [6.45, 7) is 0. The van der Waals surface area contributed by atoms with Crippen LogP contribution in [0.5, 0.6) is 0 Å². The summed E-state index contributed by atoms with van der Waals surface area (Å²) in [5.41, 5.74) is 1.96. The van der Waals surface area contributed by atoms with Gasteiger partial charge in [0.2, 0.25) is 0 Å². The van der Waals surface area contributed by atoms with Crippen LogP contribution in [-0.2, 0) is 0 Å². The molecule has 0 aliphatic heterocycles. The Balaban J connectivity index is 2.44. The highest BCUT2D eigenvalue weighted by atomic mass is 35.5. The molecule has 2 aromatic rings. The second-order valence-electron chi connectivity index (χ2n) is 3.44. The van der Waals surface area contributed by atoms with Crippen LogP contribution in [0.3, 0.4) is 0 Å². The number of hydrogen-bond donors (Lipinski definition) is 1. The molecule has 0 bridgehead atoms. The lowest BCUT2D eigenvalue weighted by molar-refractivity contribution is 0.557. The summed E-state index contributed by atoms with van der Waals surface area (Å²) in [6, 6.07) is 7.32. The maximum Gasteiger partial charge on any atom is 0.0953 e. The van der Waals surface area contributed by atoms with Crippen molar-refractivity contribution in [3.05, 3.63) is 58.0 Å². The van der Waals surface area contributed by atoms with E-state index >= 15 is 0 Å². The van der Waals surface area contributed by atoms with Gasteiger partial charge in [-0.2, -0.15) is 0 Å². The number of rotatable bonds is 3. The second kappa shape index (κ2) is 4.91. The highest BCUT2D eigenvalue weighted by molar-refractivity contribution is 6.33. The Labute approximate surface area is 104 Å². The van der Waals surface area contributed by atoms with E-state index in [1.807, 2.05) is 19.2 Å². The minimum Gasteiger partial charge on any atom is -0.472 e. The lowest BCUT2D eigenvalue weighted by atomic mass is 10.0. The summed E-state index contributed by atoms with van der Waals surface area (Å²) < 4.78 is 5.07. The van der Waals surface area contributed by atoms with Gasteiger partial charge in [-0.1, -0.05) is 23.2 Å². The van der Waals surface area contributed by atoms with Crippen LogP contribution in [0.1, 0.15) is 17.2 Å². The Bertz CT molecular complexity index is 468. The predicted molar refractivity (Wildman–Crippen MR) is 66.1 cm³/mol. The molecule has 1 heterocycles. The summed E-state index contributed by atoms with van der Waals surface area (Å²) in [6.07, 6.45) is 3.33. The summed E-state index contributed by atoms with van der Waals surface area (Å²) in [7, 11) is 1.87. The number of furan rings is 1. The molecule has 0 saturated carbocycles. The van der Waals surface area contributed by atoms with Crippen molar-refractivity contribution < 1.29 is 4.42 Å². The number of halogens is 2. The molecule has 1 atom stereocenters. The summed E-state index contributed by atoms with van der Waals surface area (Å²) in [5, 5.41) is 4.54. The van der Waals surface area contributed by atoms with Crippen molar-refractivity contribution in [2.45, 2.75) is 6.04 Å². The van der Waals surface area contributed by atoms with Gasteiger partial charge in [0, 0.05) is 15.6 Å². The average molecular weight is 256 g/mol. The van der Waals surface area contributed by atoms with Gasteiger partial charge in [-0.15, -0.1) is 0 Å². The Morgan fingerprint density at radius 2 is 2.06 bits per heavy atom. The molecule has 16 heavy (non-hydrogen) atoms. The van der Waals surface area contributed by atoms with E-state index in [4.69, 9.17) is 27.6 Å². The van der Waals surface area contributed by atoms with Crippen molar-refractivity contribution in [2.24, 2.45) is 0 Å². The highest BCUT2D eigenvalue weighted by Gasteiger charge is 2.16. The zero-order valence-electron chi connectivity index (χ0n) is 8.71. The number of benzene rings is 1. The van der Waals surface area contributed by atoms with Crippen LogP contribution in [0.15, 0.2) is 41.2 Å². The minimum atomic E-state index is -0.00931. The van der Waals surface area contributed by atoms with Crippen molar-refractivity contribution in [3.8, 4) is 0 Å². The van der Waals surface area contributed by atoms with Gasteiger partial charge in [-0.3, -0.25) is 0 Å². The van der Waals surface area contributed by atoms with Gasteiger partial charge in [-0.05, 0) is 36.9 Å². The smallest absolute Gasteiger partial charge is 0.0953 e. The Hall–Kier alpha value is -0.960. The molecule has 0 radical (unpaired) electrons. The van der Waals surface area contributed by atoms with E-state index in [1.165, 1.54) is 0 Å². The fraction of sp³-hybridized carbons (Fsp3) is 0.167. The lowest BCUT2D eigenvalue weighted by Gasteiger charge is -2.16. The maximum atomic E-state index is 6.16. The molecule has 84 valence electrons. The van der Waals surface area contributed by atoms with Crippen LogP contribution in [0.2, 0.25) is 10.0 Å². The molecule has 1 unspecified atom stereocenters. The summed E-state index contributed by atoms with van der Waals surface area (Å²) in [4.78, 5) is 0. The van der Waals surface area contributed by atoms with Crippen molar-refractivity contribution in [1.82, 2.24) is 5.32 Å². The van der Waals surface area contributed by atoms with Crippen molar-refractivity contribution in [2.75, 3.05) is 7.05 Å². The van der Waals surface area contributed by atoms with Gasteiger partial charge in [0.15, 0.2) is 0 Å². The number of nitrogens with one attached hydrogen (secondary N) is 1. The van der Waals surface area contributed by atoms with Crippen LogP contribution >= 0.6 is 23.2 Å². The first-order chi connectivity index (χ1) is 7.72. The molecule has 2 rings (SSSR count).